The van der Waals surface area contributed by atoms with Gasteiger partial charge in [-0.3, -0.25) is 4.79 Å². The largest absolute Gasteiger partial charge is 0.354 e. The molecule has 0 aliphatic rings. The van der Waals surface area contributed by atoms with Crippen LogP contribution >= 0.6 is 11.6 Å². The highest BCUT2D eigenvalue weighted by atomic mass is 35.5. The van der Waals surface area contributed by atoms with E-state index in [1.807, 2.05) is 37.3 Å². The average Bonchev–Trinajstić information content (AvgIpc) is 2.61. The van der Waals surface area contributed by atoms with E-state index in [4.69, 9.17) is 11.6 Å². The van der Waals surface area contributed by atoms with Crippen molar-refractivity contribution in [2.45, 2.75) is 19.4 Å². The lowest BCUT2D eigenvalue weighted by Crippen LogP contribution is -2.40. The molecule has 0 heterocycles. The van der Waals surface area contributed by atoms with Crippen LogP contribution in [0.15, 0.2) is 54.6 Å². The first-order chi connectivity index (χ1) is 12.3. The van der Waals surface area contributed by atoms with E-state index in [0.29, 0.717) is 17.1 Å². The summed E-state index contributed by atoms with van der Waals surface area (Å²) in [5, 5.41) is 3.28. The third kappa shape index (κ3) is 6.12. The minimum absolute atomic E-state index is 0.0557. The zero-order chi connectivity index (χ0) is 19.2. The van der Waals surface area contributed by atoms with Crippen LogP contribution in [0.5, 0.6) is 0 Å². The number of halogens is 1. The number of nitrogens with zero attached hydrogens (tertiary/aromatic N) is 1. The molecule has 7 heteroatoms. The summed E-state index contributed by atoms with van der Waals surface area (Å²) in [6.45, 7) is 2.26. The highest BCUT2D eigenvalue weighted by Crippen LogP contribution is 2.18. The second-order valence-electron chi connectivity index (χ2n) is 6.24. The van der Waals surface area contributed by atoms with Gasteiger partial charge in [0.2, 0.25) is 15.9 Å². The van der Waals surface area contributed by atoms with Gasteiger partial charge in [-0.05, 0) is 23.1 Å². The van der Waals surface area contributed by atoms with Gasteiger partial charge in [-0.1, -0.05) is 67.1 Å². The Hall–Kier alpha value is -1.89. The highest BCUT2D eigenvalue weighted by molar-refractivity contribution is 7.88. The van der Waals surface area contributed by atoms with Crippen molar-refractivity contribution in [3.63, 3.8) is 0 Å². The summed E-state index contributed by atoms with van der Waals surface area (Å²) in [5.41, 5.74) is 1.77. The summed E-state index contributed by atoms with van der Waals surface area (Å²) in [6, 6.07) is 16.8. The minimum Gasteiger partial charge on any atom is -0.354 e. The molecule has 0 saturated carbocycles. The summed E-state index contributed by atoms with van der Waals surface area (Å²) in [5.74, 6) is -0.208. The molecule has 2 rings (SSSR count). The molecule has 0 aromatic heterocycles. The van der Waals surface area contributed by atoms with Gasteiger partial charge in [-0.2, -0.15) is 4.31 Å². The Bertz CT molecular complexity index is 841. The number of carbonyl (C=O) groups excluding carboxylic acids is 1. The van der Waals surface area contributed by atoms with Crippen LogP contribution in [0.3, 0.4) is 0 Å². The van der Waals surface area contributed by atoms with Crippen molar-refractivity contribution in [3.8, 4) is 0 Å². The lowest BCUT2D eigenvalue weighted by atomic mass is 10.0. The molecule has 2 aromatic carbocycles. The highest BCUT2D eigenvalue weighted by Gasteiger charge is 2.21. The standard InChI is InChI=1S/C19H23ClN2O3S/c1-15(16-8-4-3-5-9-16)12-21-19(23)14-22(26(2,24)25)13-17-10-6-7-11-18(17)20/h3-11,15H,12-14H2,1-2H3,(H,21,23). The number of hydrogen-bond donors (Lipinski definition) is 1. The van der Waals surface area contributed by atoms with Crippen LogP contribution in [-0.4, -0.2) is 38.0 Å². The molecular formula is C19H23ClN2O3S. The van der Waals surface area contributed by atoms with Crippen LogP contribution in [0.2, 0.25) is 5.02 Å². The Morgan fingerprint density at radius 1 is 1.12 bits per heavy atom. The molecule has 0 bridgehead atoms. The predicted octanol–water partition coefficient (Wildman–Crippen LogP) is 3.02. The Morgan fingerprint density at radius 3 is 2.35 bits per heavy atom. The van der Waals surface area contributed by atoms with E-state index in [1.165, 1.54) is 0 Å². The third-order valence-corrected chi connectivity index (χ3v) is 5.63. The van der Waals surface area contributed by atoms with Crippen LogP contribution in [0.4, 0.5) is 0 Å². The van der Waals surface area contributed by atoms with Crippen LogP contribution in [0.25, 0.3) is 0 Å². The van der Waals surface area contributed by atoms with Crippen molar-refractivity contribution >= 4 is 27.5 Å². The van der Waals surface area contributed by atoms with Crippen LogP contribution in [0.1, 0.15) is 24.0 Å². The Balaban J connectivity index is 1.98. The first-order valence-electron chi connectivity index (χ1n) is 8.27. The fourth-order valence-corrected chi connectivity index (χ4v) is 3.41. The lowest BCUT2D eigenvalue weighted by molar-refractivity contribution is -0.121. The molecule has 0 saturated heterocycles. The van der Waals surface area contributed by atoms with E-state index in [9.17, 15) is 13.2 Å². The maximum absolute atomic E-state index is 12.3. The SMILES string of the molecule is CC(CNC(=O)CN(Cc1ccccc1Cl)S(C)(=O)=O)c1ccccc1. The molecule has 1 atom stereocenters. The summed E-state index contributed by atoms with van der Waals surface area (Å²) in [7, 11) is -3.55. The molecule has 1 N–H and O–H groups in total. The minimum atomic E-state index is -3.55. The number of benzene rings is 2. The van der Waals surface area contributed by atoms with Gasteiger partial charge >= 0.3 is 0 Å². The number of nitrogens with one attached hydrogen (secondary N) is 1. The van der Waals surface area contributed by atoms with E-state index >= 15 is 0 Å². The Labute approximate surface area is 160 Å². The maximum atomic E-state index is 12.3. The second kappa shape index (κ2) is 9.16. The second-order valence-corrected chi connectivity index (χ2v) is 8.63. The molecular weight excluding hydrogens is 372 g/mol. The fraction of sp³-hybridized carbons (Fsp3) is 0.316. The summed E-state index contributed by atoms with van der Waals surface area (Å²) in [6.07, 6.45) is 1.09. The van der Waals surface area contributed by atoms with Crippen molar-refractivity contribution in [1.29, 1.82) is 0 Å². The molecule has 0 fully saturated rings. The predicted molar refractivity (Wildman–Crippen MR) is 105 cm³/mol. The number of rotatable bonds is 8. The molecule has 140 valence electrons. The Morgan fingerprint density at radius 2 is 1.73 bits per heavy atom. The molecule has 1 amide bonds. The molecule has 1 unspecified atom stereocenters. The van der Waals surface area contributed by atoms with Crippen LogP contribution < -0.4 is 5.32 Å². The van der Waals surface area contributed by atoms with E-state index in [0.717, 1.165) is 16.1 Å². The number of sulfonamides is 1. The van der Waals surface area contributed by atoms with Crippen molar-refractivity contribution < 1.29 is 13.2 Å². The van der Waals surface area contributed by atoms with E-state index < -0.39 is 10.0 Å². The van der Waals surface area contributed by atoms with Crippen LogP contribution in [-0.2, 0) is 21.4 Å². The summed E-state index contributed by atoms with van der Waals surface area (Å²) in [4.78, 5) is 12.3. The Kier molecular flexibility index (Phi) is 7.20. The molecule has 0 spiro atoms. The smallest absolute Gasteiger partial charge is 0.235 e. The first-order valence-corrected chi connectivity index (χ1v) is 10.5. The number of hydrogen-bond acceptors (Lipinski definition) is 3. The van der Waals surface area contributed by atoms with E-state index in [-0.39, 0.29) is 24.9 Å². The van der Waals surface area contributed by atoms with Gasteiger partial charge in [0, 0.05) is 18.1 Å². The molecule has 5 nitrogen and oxygen atoms in total. The van der Waals surface area contributed by atoms with Crippen molar-refractivity contribution in [2.24, 2.45) is 0 Å². The summed E-state index contributed by atoms with van der Waals surface area (Å²) >= 11 is 6.10. The molecule has 26 heavy (non-hydrogen) atoms. The maximum Gasteiger partial charge on any atom is 0.235 e. The normalized spacial score (nSPS) is 12.8. The molecule has 0 aliphatic carbocycles. The third-order valence-electron chi connectivity index (χ3n) is 4.07. The van der Waals surface area contributed by atoms with Crippen molar-refractivity contribution in [1.82, 2.24) is 9.62 Å². The fourth-order valence-electron chi connectivity index (χ4n) is 2.49. The lowest BCUT2D eigenvalue weighted by Gasteiger charge is -2.21. The van der Waals surface area contributed by atoms with Gasteiger partial charge < -0.3 is 5.32 Å². The monoisotopic (exact) mass is 394 g/mol. The molecule has 0 aliphatic heterocycles. The van der Waals surface area contributed by atoms with Gasteiger partial charge in [0.15, 0.2) is 0 Å². The zero-order valence-corrected chi connectivity index (χ0v) is 16.4. The van der Waals surface area contributed by atoms with Gasteiger partial charge in [-0.15, -0.1) is 0 Å². The van der Waals surface area contributed by atoms with E-state index in [1.54, 1.807) is 24.3 Å². The number of carbonyl (C=O) groups is 1. The van der Waals surface area contributed by atoms with Gasteiger partial charge in [0.25, 0.3) is 0 Å². The quantitative estimate of drug-likeness (QED) is 0.748. The topological polar surface area (TPSA) is 66.5 Å². The van der Waals surface area contributed by atoms with Crippen molar-refractivity contribution in [3.05, 3.63) is 70.7 Å². The van der Waals surface area contributed by atoms with Gasteiger partial charge in [-0.25, -0.2) is 8.42 Å². The zero-order valence-electron chi connectivity index (χ0n) is 14.9. The van der Waals surface area contributed by atoms with Gasteiger partial charge in [0.1, 0.15) is 0 Å². The van der Waals surface area contributed by atoms with E-state index in [2.05, 4.69) is 5.32 Å². The van der Waals surface area contributed by atoms with Crippen LogP contribution in [0, 0.1) is 0 Å². The van der Waals surface area contributed by atoms with Crippen molar-refractivity contribution in [2.75, 3.05) is 19.3 Å². The molecule has 0 radical (unpaired) electrons. The first kappa shape index (κ1) is 20.4. The summed E-state index contributed by atoms with van der Waals surface area (Å²) < 4.78 is 25.2. The number of amides is 1. The average molecular weight is 395 g/mol. The van der Waals surface area contributed by atoms with Gasteiger partial charge in [0.05, 0.1) is 12.8 Å². The molecule has 2 aromatic rings.